The van der Waals surface area contributed by atoms with E-state index in [0.717, 1.165) is 12.8 Å². The highest BCUT2D eigenvalue weighted by Crippen LogP contribution is 2.37. The average Bonchev–Trinajstić information content (AvgIpc) is 2.01. The minimum Gasteiger partial charge on any atom is -0.393 e. The average molecular weight is 155 g/mol. The number of hydrogen-bond acceptors (Lipinski definition) is 2. The summed E-state index contributed by atoms with van der Waals surface area (Å²) in [6, 6.07) is 0. The molecule has 2 bridgehead atoms. The van der Waals surface area contributed by atoms with E-state index in [4.69, 9.17) is 0 Å². The third-order valence-corrected chi connectivity index (χ3v) is 2.74. The van der Waals surface area contributed by atoms with Gasteiger partial charge in [-0.25, -0.2) is 0 Å². The number of carbonyl (C=O) groups excluding carboxylic acids is 1. The molecule has 1 aliphatic heterocycles. The number of nitrogens with one attached hydrogen (secondary N) is 1. The van der Waals surface area contributed by atoms with E-state index in [1.165, 1.54) is 0 Å². The third-order valence-electron chi connectivity index (χ3n) is 2.74. The molecule has 62 valence electrons. The Labute approximate surface area is 65.8 Å². The van der Waals surface area contributed by atoms with Gasteiger partial charge < -0.3 is 10.4 Å². The Morgan fingerprint density at radius 2 is 2.36 bits per heavy atom. The quantitative estimate of drug-likeness (QED) is 0.518. The fourth-order valence-electron chi connectivity index (χ4n) is 2.34. The summed E-state index contributed by atoms with van der Waals surface area (Å²) in [7, 11) is 0. The molecule has 3 heteroatoms. The van der Waals surface area contributed by atoms with Crippen LogP contribution in [0.3, 0.4) is 0 Å². The van der Waals surface area contributed by atoms with Crippen molar-refractivity contribution in [1.82, 2.24) is 5.32 Å². The molecular weight excluding hydrogens is 142 g/mol. The summed E-state index contributed by atoms with van der Waals surface area (Å²) in [4.78, 5) is 11.2. The van der Waals surface area contributed by atoms with Crippen LogP contribution >= 0.6 is 0 Å². The van der Waals surface area contributed by atoms with Gasteiger partial charge in [0.1, 0.15) is 0 Å². The van der Waals surface area contributed by atoms with Gasteiger partial charge in [-0.1, -0.05) is 0 Å². The van der Waals surface area contributed by atoms with E-state index in [1.54, 1.807) is 0 Å². The molecule has 0 unspecified atom stereocenters. The van der Waals surface area contributed by atoms with Crippen molar-refractivity contribution in [3.8, 4) is 0 Å². The minimum atomic E-state index is -0.280. The molecule has 0 aromatic heterocycles. The molecule has 11 heavy (non-hydrogen) atoms. The molecule has 0 aromatic carbocycles. The van der Waals surface area contributed by atoms with Crippen LogP contribution in [0, 0.1) is 5.92 Å². The zero-order valence-corrected chi connectivity index (χ0v) is 6.63. The first-order chi connectivity index (χ1) is 5.09. The van der Waals surface area contributed by atoms with Gasteiger partial charge in [0.15, 0.2) is 0 Å². The second kappa shape index (κ2) is 1.97. The van der Waals surface area contributed by atoms with Gasteiger partial charge in [-0.2, -0.15) is 0 Å². The van der Waals surface area contributed by atoms with Crippen molar-refractivity contribution in [2.75, 3.05) is 0 Å². The van der Waals surface area contributed by atoms with Crippen LogP contribution < -0.4 is 5.32 Å². The van der Waals surface area contributed by atoms with Gasteiger partial charge in [-0.05, 0) is 26.2 Å². The molecular formula is C8H13NO2. The fourth-order valence-corrected chi connectivity index (χ4v) is 2.34. The van der Waals surface area contributed by atoms with E-state index in [2.05, 4.69) is 5.32 Å². The lowest BCUT2D eigenvalue weighted by atomic mass is 9.80. The molecule has 2 aliphatic rings. The van der Waals surface area contributed by atoms with Gasteiger partial charge in [0.25, 0.3) is 0 Å². The Morgan fingerprint density at radius 3 is 3.00 bits per heavy atom. The first-order valence-corrected chi connectivity index (χ1v) is 4.09. The molecule has 2 N–H and O–H groups in total. The van der Waals surface area contributed by atoms with E-state index in [1.807, 2.05) is 6.92 Å². The number of fused-ring (bicyclic) bond motifs is 2. The maximum absolute atomic E-state index is 11.2. The molecule has 1 amide bonds. The van der Waals surface area contributed by atoms with Crippen LogP contribution in [0.4, 0.5) is 0 Å². The molecule has 3 nitrogen and oxygen atoms in total. The minimum absolute atomic E-state index is 0.0729. The lowest BCUT2D eigenvalue weighted by Gasteiger charge is -2.30. The summed E-state index contributed by atoms with van der Waals surface area (Å²) < 4.78 is 0. The molecule has 1 aliphatic carbocycles. The van der Waals surface area contributed by atoms with Gasteiger partial charge in [-0.3, -0.25) is 4.79 Å². The highest BCUT2D eigenvalue weighted by atomic mass is 16.3. The second-order valence-electron chi connectivity index (χ2n) is 4.04. The number of aliphatic hydroxyl groups excluding tert-OH is 1. The summed E-state index contributed by atoms with van der Waals surface area (Å²) in [6.45, 7) is 2.01. The third kappa shape index (κ3) is 1.03. The summed E-state index contributed by atoms with van der Waals surface area (Å²) >= 11 is 0. The molecule has 2 rings (SSSR count). The lowest BCUT2D eigenvalue weighted by Crippen LogP contribution is -2.41. The lowest BCUT2D eigenvalue weighted by molar-refractivity contribution is -0.123. The number of hydrogen-bond donors (Lipinski definition) is 2. The Balaban J connectivity index is 2.23. The van der Waals surface area contributed by atoms with Gasteiger partial charge in [0.2, 0.25) is 5.91 Å². The van der Waals surface area contributed by atoms with Crippen molar-refractivity contribution in [3.63, 3.8) is 0 Å². The zero-order chi connectivity index (χ0) is 8.06. The van der Waals surface area contributed by atoms with Crippen LogP contribution in [-0.4, -0.2) is 22.7 Å². The van der Waals surface area contributed by atoms with Crippen molar-refractivity contribution < 1.29 is 9.90 Å². The predicted octanol–water partition coefficient (Wildman–Crippen LogP) is 0.0359. The maximum atomic E-state index is 11.2. The standard InChI is InChI=1S/C8H13NO2/c1-8-3-5(7(11)9-8)2-6(10)4-8/h5-6,10H,2-4H2,1H3,(H,9,11)/t5-,6+,8-/m0/s1. The predicted molar refractivity (Wildman–Crippen MR) is 39.9 cm³/mol. The fraction of sp³-hybridized carbons (Fsp3) is 0.875. The van der Waals surface area contributed by atoms with Crippen molar-refractivity contribution in [2.24, 2.45) is 5.92 Å². The monoisotopic (exact) mass is 155 g/mol. The summed E-state index contributed by atoms with van der Waals surface area (Å²) in [5.74, 6) is 0.202. The van der Waals surface area contributed by atoms with Gasteiger partial charge >= 0.3 is 0 Å². The topological polar surface area (TPSA) is 49.3 Å². The molecule has 0 aromatic rings. The van der Waals surface area contributed by atoms with Crippen LogP contribution in [0.2, 0.25) is 0 Å². The van der Waals surface area contributed by atoms with Gasteiger partial charge in [0.05, 0.1) is 6.10 Å². The summed E-state index contributed by atoms with van der Waals surface area (Å²) in [5.41, 5.74) is -0.112. The van der Waals surface area contributed by atoms with E-state index >= 15 is 0 Å². The number of carbonyl (C=O) groups is 1. The molecule has 1 saturated heterocycles. The van der Waals surface area contributed by atoms with Crippen LogP contribution in [0.25, 0.3) is 0 Å². The number of aliphatic hydroxyl groups is 1. The van der Waals surface area contributed by atoms with E-state index in [-0.39, 0.29) is 23.5 Å². The van der Waals surface area contributed by atoms with E-state index in [9.17, 15) is 9.90 Å². The molecule has 1 saturated carbocycles. The van der Waals surface area contributed by atoms with Crippen LogP contribution in [0.1, 0.15) is 26.2 Å². The molecule has 0 spiro atoms. The van der Waals surface area contributed by atoms with Gasteiger partial charge in [0, 0.05) is 11.5 Å². The first kappa shape index (κ1) is 7.10. The SMILES string of the molecule is C[C@@]12C[C@H](O)C[C@@H](C1)C(=O)N2. The zero-order valence-electron chi connectivity index (χ0n) is 6.63. The molecule has 0 radical (unpaired) electrons. The van der Waals surface area contributed by atoms with Crippen LogP contribution in [0.5, 0.6) is 0 Å². The van der Waals surface area contributed by atoms with Crippen molar-refractivity contribution >= 4 is 5.91 Å². The molecule has 3 atom stereocenters. The number of amides is 1. The van der Waals surface area contributed by atoms with Crippen molar-refractivity contribution in [1.29, 1.82) is 0 Å². The van der Waals surface area contributed by atoms with Crippen molar-refractivity contribution in [2.45, 2.75) is 37.8 Å². The Morgan fingerprint density at radius 1 is 1.64 bits per heavy atom. The smallest absolute Gasteiger partial charge is 0.223 e. The van der Waals surface area contributed by atoms with Gasteiger partial charge in [-0.15, -0.1) is 0 Å². The van der Waals surface area contributed by atoms with Crippen LogP contribution in [-0.2, 0) is 4.79 Å². The van der Waals surface area contributed by atoms with Crippen molar-refractivity contribution in [3.05, 3.63) is 0 Å². The maximum Gasteiger partial charge on any atom is 0.223 e. The summed E-state index contributed by atoms with van der Waals surface area (Å²) in [5, 5.41) is 12.3. The Kier molecular flexibility index (Phi) is 1.27. The highest BCUT2D eigenvalue weighted by Gasteiger charge is 2.46. The van der Waals surface area contributed by atoms with Crippen LogP contribution in [0.15, 0.2) is 0 Å². The molecule has 1 heterocycles. The van der Waals surface area contributed by atoms with E-state index in [0.29, 0.717) is 6.42 Å². The van der Waals surface area contributed by atoms with E-state index < -0.39 is 0 Å². The second-order valence-corrected chi connectivity index (χ2v) is 4.04. The number of rotatable bonds is 0. The first-order valence-electron chi connectivity index (χ1n) is 4.09. The molecule has 2 fully saturated rings. The Hall–Kier alpha value is -0.570. The summed E-state index contributed by atoms with van der Waals surface area (Å²) in [6.07, 6.45) is 2.00. The normalized spacial score (nSPS) is 49.1. The highest BCUT2D eigenvalue weighted by molar-refractivity contribution is 5.82. The Bertz CT molecular complexity index is 204. The largest absolute Gasteiger partial charge is 0.393 e.